The van der Waals surface area contributed by atoms with Gasteiger partial charge in [-0.15, -0.1) is 0 Å². The van der Waals surface area contributed by atoms with Crippen molar-refractivity contribution >= 4 is 27.5 Å². The molecule has 19 heavy (non-hydrogen) atoms. The second-order valence-corrected chi connectivity index (χ2v) is 6.27. The lowest BCUT2D eigenvalue weighted by Gasteiger charge is -2.09. The molecular formula is C15H23BrClNO. The van der Waals surface area contributed by atoms with Gasteiger partial charge < -0.3 is 10.1 Å². The summed E-state index contributed by atoms with van der Waals surface area (Å²) in [5.74, 6) is 0.762. The number of unbranched alkanes of at least 4 members (excludes halogenated alkanes) is 3. The number of benzene rings is 1. The summed E-state index contributed by atoms with van der Waals surface area (Å²) < 4.78 is 6.68. The van der Waals surface area contributed by atoms with Crippen molar-refractivity contribution in [1.82, 2.24) is 5.32 Å². The van der Waals surface area contributed by atoms with E-state index in [1.807, 2.05) is 18.2 Å². The van der Waals surface area contributed by atoms with Crippen LogP contribution in [-0.2, 0) is 0 Å². The molecule has 1 N–H and O–H groups in total. The average molecular weight is 349 g/mol. The van der Waals surface area contributed by atoms with E-state index in [1.165, 1.54) is 19.3 Å². The maximum atomic E-state index is 6.05. The van der Waals surface area contributed by atoms with Gasteiger partial charge in [-0.25, -0.2) is 0 Å². The molecule has 0 bridgehead atoms. The third-order valence-electron chi connectivity index (χ3n) is 2.77. The second-order valence-electron chi connectivity index (χ2n) is 4.95. The van der Waals surface area contributed by atoms with Crippen LogP contribution in [0, 0.1) is 0 Å². The highest BCUT2D eigenvalue weighted by atomic mass is 79.9. The number of nitrogens with one attached hydrogen (secondary N) is 1. The standard InChI is InChI=1S/C15H23BrClNO/c1-12(2)18-9-5-3-4-6-10-19-15-11-13(16)7-8-14(15)17/h7-8,11-12,18H,3-6,9-10H2,1-2H3. The van der Waals surface area contributed by atoms with Gasteiger partial charge in [0.1, 0.15) is 5.75 Å². The molecule has 0 unspecified atom stereocenters. The van der Waals surface area contributed by atoms with E-state index >= 15 is 0 Å². The molecule has 1 rings (SSSR count). The molecule has 108 valence electrons. The van der Waals surface area contributed by atoms with Gasteiger partial charge in [-0.1, -0.05) is 54.2 Å². The van der Waals surface area contributed by atoms with Crippen molar-refractivity contribution in [2.75, 3.05) is 13.2 Å². The van der Waals surface area contributed by atoms with Gasteiger partial charge in [-0.05, 0) is 37.6 Å². The Bertz CT molecular complexity index is 371. The first-order valence-electron chi connectivity index (χ1n) is 6.91. The quantitative estimate of drug-likeness (QED) is 0.631. The van der Waals surface area contributed by atoms with E-state index in [-0.39, 0.29) is 0 Å². The molecule has 1 aromatic carbocycles. The van der Waals surface area contributed by atoms with Crippen LogP contribution in [0.25, 0.3) is 0 Å². The van der Waals surface area contributed by atoms with Gasteiger partial charge in [0.25, 0.3) is 0 Å². The molecule has 0 radical (unpaired) electrons. The normalized spacial score (nSPS) is 11.0. The summed E-state index contributed by atoms with van der Waals surface area (Å²) in [6.07, 6.45) is 4.75. The van der Waals surface area contributed by atoms with Gasteiger partial charge in [0.05, 0.1) is 11.6 Å². The first-order valence-corrected chi connectivity index (χ1v) is 8.08. The number of halogens is 2. The Balaban J connectivity index is 2.06. The van der Waals surface area contributed by atoms with Crippen LogP contribution < -0.4 is 10.1 Å². The minimum Gasteiger partial charge on any atom is -0.492 e. The van der Waals surface area contributed by atoms with E-state index in [0.29, 0.717) is 11.1 Å². The summed E-state index contributed by atoms with van der Waals surface area (Å²) in [6, 6.07) is 6.26. The first kappa shape index (κ1) is 16.8. The summed E-state index contributed by atoms with van der Waals surface area (Å²) in [4.78, 5) is 0. The molecule has 0 fully saturated rings. The van der Waals surface area contributed by atoms with Gasteiger partial charge in [-0.3, -0.25) is 0 Å². The first-order chi connectivity index (χ1) is 9.09. The molecule has 2 nitrogen and oxygen atoms in total. The highest BCUT2D eigenvalue weighted by Gasteiger charge is 2.01. The van der Waals surface area contributed by atoms with Crippen molar-refractivity contribution in [2.45, 2.75) is 45.6 Å². The van der Waals surface area contributed by atoms with Crippen LogP contribution in [-0.4, -0.2) is 19.2 Å². The van der Waals surface area contributed by atoms with Crippen molar-refractivity contribution in [3.8, 4) is 5.75 Å². The predicted octanol–water partition coefficient (Wildman–Crippen LogP) is 5.04. The SMILES string of the molecule is CC(C)NCCCCCCOc1cc(Br)ccc1Cl. The largest absolute Gasteiger partial charge is 0.492 e. The molecule has 0 spiro atoms. The highest BCUT2D eigenvalue weighted by molar-refractivity contribution is 9.10. The minimum absolute atomic E-state index is 0.585. The molecule has 0 heterocycles. The Morgan fingerprint density at radius 3 is 2.68 bits per heavy atom. The van der Waals surface area contributed by atoms with E-state index in [9.17, 15) is 0 Å². The highest BCUT2D eigenvalue weighted by Crippen LogP contribution is 2.28. The third-order valence-corrected chi connectivity index (χ3v) is 3.58. The summed E-state index contributed by atoms with van der Waals surface area (Å²) >= 11 is 9.47. The molecule has 0 amide bonds. The Hall–Kier alpha value is -0.250. The van der Waals surface area contributed by atoms with E-state index in [4.69, 9.17) is 16.3 Å². The fraction of sp³-hybridized carbons (Fsp3) is 0.600. The zero-order chi connectivity index (χ0) is 14.1. The van der Waals surface area contributed by atoms with Crippen molar-refractivity contribution in [3.63, 3.8) is 0 Å². The summed E-state index contributed by atoms with van der Waals surface area (Å²) in [5, 5.41) is 4.09. The number of hydrogen-bond acceptors (Lipinski definition) is 2. The zero-order valence-electron chi connectivity index (χ0n) is 11.7. The van der Waals surface area contributed by atoms with Crippen molar-refractivity contribution in [1.29, 1.82) is 0 Å². The summed E-state index contributed by atoms with van der Waals surface area (Å²) in [6.45, 7) is 6.19. The van der Waals surface area contributed by atoms with Crippen LogP contribution in [0.2, 0.25) is 5.02 Å². The maximum Gasteiger partial charge on any atom is 0.139 e. The molecule has 1 aromatic rings. The second kappa shape index (κ2) is 9.62. The molecule has 0 saturated heterocycles. The van der Waals surface area contributed by atoms with E-state index < -0.39 is 0 Å². The van der Waals surface area contributed by atoms with E-state index in [2.05, 4.69) is 35.1 Å². The zero-order valence-corrected chi connectivity index (χ0v) is 14.1. The lowest BCUT2D eigenvalue weighted by atomic mass is 10.2. The Labute approximate surface area is 130 Å². The Morgan fingerprint density at radius 2 is 1.95 bits per heavy atom. The monoisotopic (exact) mass is 347 g/mol. The van der Waals surface area contributed by atoms with Crippen LogP contribution in [0.3, 0.4) is 0 Å². The van der Waals surface area contributed by atoms with Crippen molar-refractivity contribution in [3.05, 3.63) is 27.7 Å². The van der Waals surface area contributed by atoms with Crippen LogP contribution in [0.1, 0.15) is 39.5 Å². The van der Waals surface area contributed by atoms with E-state index in [0.717, 1.165) is 29.8 Å². The topological polar surface area (TPSA) is 21.3 Å². The molecular weight excluding hydrogens is 326 g/mol. The number of hydrogen-bond donors (Lipinski definition) is 1. The molecule has 0 atom stereocenters. The molecule has 0 saturated carbocycles. The number of rotatable bonds is 9. The van der Waals surface area contributed by atoms with Crippen LogP contribution in [0.4, 0.5) is 0 Å². The average Bonchev–Trinajstić information content (AvgIpc) is 2.36. The van der Waals surface area contributed by atoms with Gasteiger partial charge in [0.15, 0.2) is 0 Å². The van der Waals surface area contributed by atoms with Gasteiger partial charge in [0, 0.05) is 10.5 Å². The molecule has 0 aliphatic carbocycles. The Morgan fingerprint density at radius 1 is 1.21 bits per heavy atom. The predicted molar refractivity (Wildman–Crippen MR) is 86.3 cm³/mol. The fourth-order valence-corrected chi connectivity index (χ4v) is 2.25. The third kappa shape index (κ3) is 7.81. The van der Waals surface area contributed by atoms with Crippen LogP contribution in [0.5, 0.6) is 5.75 Å². The van der Waals surface area contributed by atoms with Crippen LogP contribution >= 0.6 is 27.5 Å². The van der Waals surface area contributed by atoms with Crippen molar-refractivity contribution in [2.24, 2.45) is 0 Å². The number of ether oxygens (including phenoxy) is 1. The fourth-order valence-electron chi connectivity index (χ4n) is 1.74. The van der Waals surface area contributed by atoms with Gasteiger partial charge >= 0.3 is 0 Å². The maximum absolute atomic E-state index is 6.05. The minimum atomic E-state index is 0.585. The van der Waals surface area contributed by atoms with E-state index in [1.54, 1.807) is 0 Å². The van der Waals surface area contributed by atoms with Crippen LogP contribution in [0.15, 0.2) is 22.7 Å². The lowest BCUT2D eigenvalue weighted by molar-refractivity contribution is 0.304. The Kier molecular flexibility index (Phi) is 8.51. The molecule has 0 aromatic heterocycles. The summed E-state index contributed by atoms with van der Waals surface area (Å²) in [7, 11) is 0. The van der Waals surface area contributed by atoms with Gasteiger partial charge in [-0.2, -0.15) is 0 Å². The molecule has 4 heteroatoms. The van der Waals surface area contributed by atoms with Gasteiger partial charge in [0.2, 0.25) is 0 Å². The summed E-state index contributed by atoms with van der Waals surface area (Å²) in [5.41, 5.74) is 0. The van der Waals surface area contributed by atoms with Crippen molar-refractivity contribution < 1.29 is 4.74 Å². The lowest BCUT2D eigenvalue weighted by Crippen LogP contribution is -2.23. The molecule has 0 aliphatic heterocycles. The molecule has 0 aliphatic rings. The smallest absolute Gasteiger partial charge is 0.139 e.